The topological polar surface area (TPSA) is 115 Å². The molecule has 2 rings (SSSR count). The molecule has 9 nitrogen and oxygen atoms in total. The maximum Gasteiger partial charge on any atom is 0.302 e. The quantitative estimate of drug-likeness (QED) is 0.151. The Morgan fingerprint density at radius 1 is 1.15 bits per heavy atom. The van der Waals surface area contributed by atoms with Crippen molar-refractivity contribution in [1.29, 1.82) is 5.26 Å². The highest BCUT2D eigenvalue weighted by molar-refractivity contribution is 6.19. The zero-order chi connectivity index (χ0) is 25.1. The summed E-state index contributed by atoms with van der Waals surface area (Å²) in [7, 11) is 0. The Morgan fingerprint density at radius 2 is 1.91 bits per heavy atom. The van der Waals surface area contributed by atoms with Gasteiger partial charge in [0.2, 0.25) is 0 Å². The second-order valence-electron chi connectivity index (χ2n) is 7.12. The van der Waals surface area contributed by atoms with Crippen LogP contribution in [0.3, 0.4) is 0 Å². The van der Waals surface area contributed by atoms with Crippen molar-refractivity contribution in [3.8, 4) is 17.6 Å². The molecule has 0 saturated carbocycles. The monoisotopic (exact) mass is 468 g/mol. The lowest BCUT2D eigenvalue weighted by Gasteiger charge is -2.27. The lowest BCUT2D eigenvalue weighted by atomic mass is 9.93. The van der Waals surface area contributed by atoms with Gasteiger partial charge in [-0.15, -0.1) is 0 Å². The summed E-state index contributed by atoms with van der Waals surface area (Å²) in [4.78, 5) is 37.6. The smallest absolute Gasteiger partial charge is 0.302 e. The molecule has 0 N–H and O–H groups in total. The van der Waals surface area contributed by atoms with Crippen molar-refractivity contribution in [3.63, 3.8) is 0 Å². The van der Waals surface area contributed by atoms with Crippen LogP contribution in [-0.4, -0.2) is 62.3 Å². The molecule has 0 atom stereocenters. The first-order valence-electron chi connectivity index (χ1n) is 10.7. The van der Waals surface area contributed by atoms with Crippen molar-refractivity contribution in [2.24, 2.45) is 0 Å². The molecule has 0 bridgehead atoms. The molecule has 0 fully saturated rings. The predicted molar refractivity (Wildman–Crippen MR) is 124 cm³/mol. The molecule has 2 amide bonds. The second kappa shape index (κ2) is 13.0. The van der Waals surface area contributed by atoms with Crippen molar-refractivity contribution < 1.29 is 33.3 Å². The Balaban J connectivity index is 2.28. The SMILES string of the molecule is C=CCOc1ccc(/C=C2/C(=O)N(CCOCCOC(C)=O)C(=O)C(C#N)=C2C)cc1OCC. The van der Waals surface area contributed by atoms with Gasteiger partial charge in [0.15, 0.2) is 11.5 Å². The number of hydrogen-bond acceptors (Lipinski definition) is 8. The van der Waals surface area contributed by atoms with Gasteiger partial charge in [-0.25, -0.2) is 0 Å². The van der Waals surface area contributed by atoms with Crippen molar-refractivity contribution in [2.45, 2.75) is 20.8 Å². The molecule has 9 heteroatoms. The Labute approximate surface area is 198 Å². The Hall–Kier alpha value is -3.90. The number of carbonyl (C=O) groups is 3. The number of carbonyl (C=O) groups excluding carboxylic acids is 3. The summed E-state index contributed by atoms with van der Waals surface area (Å²) in [5.74, 6) is -0.597. The highest BCUT2D eigenvalue weighted by Gasteiger charge is 2.35. The predicted octanol–water partition coefficient (Wildman–Crippen LogP) is 2.82. The number of rotatable bonds is 12. The molecule has 1 aliphatic heterocycles. The van der Waals surface area contributed by atoms with Crippen molar-refractivity contribution in [3.05, 3.63) is 53.1 Å². The third kappa shape index (κ3) is 6.80. The summed E-state index contributed by atoms with van der Waals surface area (Å²) in [6, 6.07) is 7.09. The van der Waals surface area contributed by atoms with Gasteiger partial charge in [0, 0.05) is 12.5 Å². The molecule has 34 heavy (non-hydrogen) atoms. The second-order valence-corrected chi connectivity index (χ2v) is 7.12. The van der Waals surface area contributed by atoms with E-state index in [4.69, 9.17) is 18.9 Å². The molecule has 1 aromatic carbocycles. The van der Waals surface area contributed by atoms with E-state index in [2.05, 4.69) is 6.58 Å². The van der Waals surface area contributed by atoms with Gasteiger partial charge in [-0.05, 0) is 43.2 Å². The van der Waals surface area contributed by atoms with E-state index in [0.29, 0.717) is 35.8 Å². The molecule has 1 heterocycles. The van der Waals surface area contributed by atoms with Crippen LogP contribution in [0.2, 0.25) is 0 Å². The van der Waals surface area contributed by atoms with Gasteiger partial charge < -0.3 is 18.9 Å². The van der Waals surface area contributed by atoms with E-state index in [1.165, 1.54) is 6.92 Å². The van der Waals surface area contributed by atoms with Crippen LogP contribution in [0.1, 0.15) is 26.3 Å². The van der Waals surface area contributed by atoms with E-state index in [9.17, 15) is 19.6 Å². The minimum atomic E-state index is -0.672. The number of imide groups is 1. The van der Waals surface area contributed by atoms with Crippen LogP contribution < -0.4 is 9.47 Å². The molecular formula is C25H28N2O7. The number of nitrogens with zero attached hydrogens (tertiary/aromatic N) is 2. The number of esters is 1. The minimum absolute atomic E-state index is 0.0353. The molecule has 0 radical (unpaired) electrons. The number of benzene rings is 1. The number of nitriles is 1. The summed E-state index contributed by atoms with van der Waals surface area (Å²) < 4.78 is 21.4. The first-order chi connectivity index (χ1) is 16.3. The van der Waals surface area contributed by atoms with Gasteiger partial charge >= 0.3 is 5.97 Å². The van der Waals surface area contributed by atoms with E-state index in [0.717, 1.165) is 4.90 Å². The molecule has 0 unspecified atom stereocenters. The van der Waals surface area contributed by atoms with Crippen LogP contribution in [0.15, 0.2) is 47.6 Å². The normalized spacial score (nSPS) is 14.8. The number of hydrogen-bond donors (Lipinski definition) is 0. The van der Waals surface area contributed by atoms with E-state index >= 15 is 0 Å². The summed E-state index contributed by atoms with van der Waals surface area (Å²) in [6.07, 6.45) is 3.23. The maximum absolute atomic E-state index is 13.1. The molecule has 0 saturated heterocycles. The number of ether oxygens (including phenoxy) is 4. The van der Waals surface area contributed by atoms with Crippen LogP contribution >= 0.6 is 0 Å². The molecule has 1 aliphatic rings. The van der Waals surface area contributed by atoms with Crippen LogP contribution in [0, 0.1) is 11.3 Å². The van der Waals surface area contributed by atoms with Gasteiger partial charge in [0.25, 0.3) is 11.8 Å². The fourth-order valence-corrected chi connectivity index (χ4v) is 3.15. The van der Waals surface area contributed by atoms with Crippen molar-refractivity contribution in [2.75, 3.05) is 39.6 Å². The van der Waals surface area contributed by atoms with Crippen molar-refractivity contribution >= 4 is 23.9 Å². The standard InChI is InChI=1S/C25H28N2O7/c1-5-10-34-22-8-7-19(15-23(22)32-6-2)14-20-17(3)21(16-26)25(30)27(24(20)29)9-11-31-12-13-33-18(4)28/h5,7-8,14-15H,1,6,9-13H2,2-4H3/b20-14+. The Kier molecular flexibility index (Phi) is 10.0. The summed E-state index contributed by atoms with van der Waals surface area (Å²) >= 11 is 0. The largest absolute Gasteiger partial charge is 0.490 e. The Morgan fingerprint density at radius 3 is 2.56 bits per heavy atom. The van der Waals surface area contributed by atoms with Gasteiger partial charge in [-0.2, -0.15) is 5.26 Å². The fourth-order valence-electron chi connectivity index (χ4n) is 3.15. The summed E-state index contributed by atoms with van der Waals surface area (Å²) in [5.41, 5.74) is 1.05. The lowest BCUT2D eigenvalue weighted by molar-refractivity contribution is -0.142. The van der Waals surface area contributed by atoms with Gasteiger partial charge in [0.05, 0.1) is 26.4 Å². The lowest BCUT2D eigenvalue weighted by Crippen LogP contribution is -2.44. The molecule has 0 aromatic heterocycles. The van der Waals surface area contributed by atoms with E-state index in [-0.39, 0.29) is 37.5 Å². The highest BCUT2D eigenvalue weighted by Crippen LogP contribution is 2.32. The van der Waals surface area contributed by atoms with Crippen LogP contribution in [0.5, 0.6) is 11.5 Å². The first-order valence-corrected chi connectivity index (χ1v) is 10.7. The van der Waals surface area contributed by atoms with E-state index < -0.39 is 17.8 Å². The Bertz CT molecular complexity index is 1050. The van der Waals surface area contributed by atoms with E-state index in [1.807, 2.05) is 13.0 Å². The van der Waals surface area contributed by atoms with Gasteiger partial charge in [0.1, 0.15) is 24.9 Å². The average molecular weight is 469 g/mol. The zero-order valence-corrected chi connectivity index (χ0v) is 19.6. The molecule has 1 aromatic rings. The number of amides is 2. The van der Waals surface area contributed by atoms with Crippen LogP contribution in [0.4, 0.5) is 0 Å². The molecular weight excluding hydrogens is 440 g/mol. The fraction of sp³-hybridized carbons (Fsp3) is 0.360. The molecule has 180 valence electrons. The minimum Gasteiger partial charge on any atom is -0.490 e. The average Bonchev–Trinajstić information content (AvgIpc) is 2.80. The van der Waals surface area contributed by atoms with E-state index in [1.54, 1.807) is 37.3 Å². The van der Waals surface area contributed by atoms with Crippen LogP contribution in [0.25, 0.3) is 6.08 Å². The van der Waals surface area contributed by atoms with Gasteiger partial charge in [-0.1, -0.05) is 18.7 Å². The van der Waals surface area contributed by atoms with Crippen LogP contribution in [-0.2, 0) is 23.9 Å². The third-order valence-corrected chi connectivity index (χ3v) is 4.75. The summed E-state index contributed by atoms with van der Waals surface area (Å²) in [6.45, 7) is 9.24. The third-order valence-electron chi connectivity index (χ3n) is 4.75. The molecule has 0 spiro atoms. The molecule has 0 aliphatic carbocycles. The van der Waals surface area contributed by atoms with Crippen molar-refractivity contribution in [1.82, 2.24) is 4.90 Å². The van der Waals surface area contributed by atoms with Gasteiger partial charge in [-0.3, -0.25) is 19.3 Å². The zero-order valence-electron chi connectivity index (χ0n) is 19.6. The maximum atomic E-state index is 13.1. The highest BCUT2D eigenvalue weighted by atomic mass is 16.6. The first kappa shape index (κ1) is 26.4. The summed E-state index contributed by atoms with van der Waals surface area (Å²) in [5, 5.41) is 9.53.